The topological polar surface area (TPSA) is 73.6 Å². The van der Waals surface area contributed by atoms with Crippen LogP contribution in [-0.4, -0.2) is 17.7 Å². The van der Waals surface area contributed by atoms with Gasteiger partial charge in [0.2, 0.25) is 0 Å². The molecule has 3 rings (SSSR count). The number of alkyl halides is 2. The third-order valence-electron chi connectivity index (χ3n) is 4.25. The molecule has 0 radical (unpaired) electrons. The summed E-state index contributed by atoms with van der Waals surface area (Å²) in [7, 11) is 0. The maximum atomic E-state index is 12.7. The SMILES string of the molecule is Cc1ccc(OCc2c(C(=O)Nc3ccccc3OC(F)F)noc2C)c(C)c1. The fraction of sp³-hybridized carbons (Fsp3) is 0.238. The van der Waals surface area contributed by atoms with Crippen molar-refractivity contribution in [3.8, 4) is 11.5 Å². The van der Waals surface area contributed by atoms with Crippen LogP contribution in [0.3, 0.4) is 0 Å². The molecular weight excluding hydrogens is 382 g/mol. The van der Waals surface area contributed by atoms with E-state index in [0.29, 0.717) is 17.1 Å². The van der Waals surface area contributed by atoms with Crippen LogP contribution in [0.25, 0.3) is 0 Å². The molecule has 0 saturated carbocycles. The predicted molar refractivity (Wildman–Crippen MR) is 103 cm³/mol. The Hall–Kier alpha value is -3.42. The Bertz CT molecular complexity index is 1020. The summed E-state index contributed by atoms with van der Waals surface area (Å²) in [5, 5.41) is 6.32. The third-order valence-corrected chi connectivity index (χ3v) is 4.25. The summed E-state index contributed by atoms with van der Waals surface area (Å²) in [6, 6.07) is 11.7. The fourth-order valence-electron chi connectivity index (χ4n) is 2.80. The van der Waals surface area contributed by atoms with E-state index in [1.165, 1.54) is 18.2 Å². The minimum Gasteiger partial charge on any atom is -0.488 e. The molecule has 0 bridgehead atoms. The molecular formula is C21H20F2N2O4. The van der Waals surface area contributed by atoms with E-state index in [0.717, 1.165) is 11.1 Å². The number of para-hydroxylation sites is 2. The van der Waals surface area contributed by atoms with Crippen molar-refractivity contribution >= 4 is 11.6 Å². The second-order valence-electron chi connectivity index (χ2n) is 6.45. The summed E-state index contributed by atoms with van der Waals surface area (Å²) in [6.07, 6.45) is 0. The second-order valence-corrected chi connectivity index (χ2v) is 6.45. The maximum Gasteiger partial charge on any atom is 0.387 e. The van der Waals surface area contributed by atoms with Gasteiger partial charge in [0.25, 0.3) is 5.91 Å². The zero-order chi connectivity index (χ0) is 21.0. The Labute approximate surface area is 166 Å². The molecule has 0 fully saturated rings. The largest absolute Gasteiger partial charge is 0.488 e. The Morgan fingerprint density at radius 2 is 1.90 bits per heavy atom. The van der Waals surface area contributed by atoms with Gasteiger partial charge in [-0.25, -0.2) is 0 Å². The van der Waals surface area contributed by atoms with E-state index in [1.807, 2.05) is 32.0 Å². The van der Waals surface area contributed by atoms with Gasteiger partial charge in [0.15, 0.2) is 5.69 Å². The lowest BCUT2D eigenvalue weighted by atomic mass is 10.1. The first kappa shape index (κ1) is 20.3. The van der Waals surface area contributed by atoms with Crippen LogP contribution in [0.1, 0.15) is 32.9 Å². The number of nitrogens with zero attached hydrogens (tertiary/aromatic N) is 1. The molecule has 0 aliphatic carbocycles. The summed E-state index contributed by atoms with van der Waals surface area (Å²) >= 11 is 0. The van der Waals surface area contributed by atoms with Crippen molar-refractivity contribution in [3.05, 3.63) is 70.6 Å². The number of amides is 1. The summed E-state index contributed by atoms with van der Waals surface area (Å²) < 4.78 is 40.5. The molecule has 1 aromatic heterocycles. The first-order chi connectivity index (χ1) is 13.8. The average Bonchev–Trinajstić information content (AvgIpc) is 3.03. The number of hydrogen-bond donors (Lipinski definition) is 1. The van der Waals surface area contributed by atoms with Crippen LogP contribution in [0.4, 0.5) is 14.5 Å². The molecule has 152 valence electrons. The van der Waals surface area contributed by atoms with E-state index in [9.17, 15) is 13.6 Å². The van der Waals surface area contributed by atoms with Crippen molar-refractivity contribution in [1.82, 2.24) is 5.16 Å². The predicted octanol–water partition coefficient (Wildman–Crippen LogP) is 5.03. The van der Waals surface area contributed by atoms with Crippen molar-refractivity contribution in [2.75, 3.05) is 5.32 Å². The van der Waals surface area contributed by atoms with Gasteiger partial charge >= 0.3 is 6.61 Å². The first-order valence-corrected chi connectivity index (χ1v) is 8.85. The van der Waals surface area contributed by atoms with Crippen molar-refractivity contribution in [2.24, 2.45) is 0 Å². The van der Waals surface area contributed by atoms with Gasteiger partial charge in [-0.1, -0.05) is 35.0 Å². The lowest BCUT2D eigenvalue weighted by molar-refractivity contribution is -0.0493. The minimum absolute atomic E-state index is 0.0131. The van der Waals surface area contributed by atoms with Crippen molar-refractivity contribution < 1.29 is 27.6 Å². The molecule has 0 atom stereocenters. The number of carbonyl (C=O) groups is 1. The minimum atomic E-state index is -3.01. The highest BCUT2D eigenvalue weighted by Crippen LogP contribution is 2.27. The highest BCUT2D eigenvalue weighted by molar-refractivity contribution is 6.04. The number of rotatable bonds is 7. The van der Waals surface area contributed by atoms with Crippen LogP contribution in [0.15, 0.2) is 47.0 Å². The van der Waals surface area contributed by atoms with E-state index in [-0.39, 0.29) is 23.7 Å². The Balaban J connectivity index is 1.78. The zero-order valence-electron chi connectivity index (χ0n) is 16.2. The van der Waals surface area contributed by atoms with Gasteiger partial charge in [-0.2, -0.15) is 8.78 Å². The Kier molecular flexibility index (Phi) is 6.11. The van der Waals surface area contributed by atoms with Gasteiger partial charge in [0.05, 0.1) is 11.3 Å². The number of aryl methyl sites for hydroxylation is 3. The number of carbonyl (C=O) groups excluding carboxylic acids is 1. The number of benzene rings is 2. The van der Waals surface area contributed by atoms with Crippen LogP contribution in [-0.2, 0) is 6.61 Å². The molecule has 1 heterocycles. The lowest BCUT2D eigenvalue weighted by Gasteiger charge is -2.12. The van der Waals surface area contributed by atoms with Crippen molar-refractivity contribution in [2.45, 2.75) is 34.0 Å². The van der Waals surface area contributed by atoms with Crippen molar-refractivity contribution in [1.29, 1.82) is 0 Å². The molecule has 2 aromatic carbocycles. The van der Waals surface area contributed by atoms with Crippen LogP contribution >= 0.6 is 0 Å². The molecule has 1 amide bonds. The Morgan fingerprint density at radius 1 is 1.14 bits per heavy atom. The summed E-state index contributed by atoms with van der Waals surface area (Å²) in [4.78, 5) is 12.7. The molecule has 0 aliphatic heterocycles. The van der Waals surface area contributed by atoms with Crippen LogP contribution in [0.2, 0.25) is 0 Å². The molecule has 0 saturated heterocycles. The summed E-state index contributed by atoms with van der Waals surface area (Å²) in [6.45, 7) is 2.63. The van der Waals surface area contributed by atoms with Gasteiger partial charge in [-0.05, 0) is 44.5 Å². The van der Waals surface area contributed by atoms with Crippen LogP contribution < -0.4 is 14.8 Å². The van der Waals surface area contributed by atoms with Crippen molar-refractivity contribution in [3.63, 3.8) is 0 Å². The average molecular weight is 402 g/mol. The van der Waals surface area contributed by atoms with E-state index >= 15 is 0 Å². The zero-order valence-corrected chi connectivity index (χ0v) is 16.2. The second kappa shape index (κ2) is 8.72. The third kappa shape index (κ3) is 4.90. The lowest BCUT2D eigenvalue weighted by Crippen LogP contribution is -2.16. The smallest absolute Gasteiger partial charge is 0.387 e. The quantitative estimate of drug-likeness (QED) is 0.600. The Morgan fingerprint density at radius 3 is 2.62 bits per heavy atom. The molecule has 6 nitrogen and oxygen atoms in total. The normalized spacial score (nSPS) is 10.8. The number of ether oxygens (including phenoxy) is 2. The fourth-order valence-corrected chi connectivity index (χ4v) is 2.80. The summed E-state index contributed by atoms with van der Waals surface area (Å²) in [5.41, 5.74) is 2.65. The number of aromatic nitrogens is 1. The number of hydrogen-bond acceptors (Lipinski definition) is 5. The molecule has 29 heavy (non-hydrogen) atoms. The molecule has 1 N–H and O–H groups in total. The van der Waals surface area contributed by atoms with E-state index in [4.69, 9.17) is 9.26 Å². The molecule has 0 spiro atoms. The number of anilines is 1. The number of halogens is 2. The highest BCUT2D eigenvalue weighted by atomic mass is 19.3. The van der Waals surface area contributed by atoms with E-state index in [1.54, 1.807) is 13.0 Å². The summed E-state index contributed by atoms with van der Waals surface area (Å²) in [5.74, 6) is 0.339. The van der Waals surface area contributed by atoms with E-state index in [2.05, 4.69) is 15.2 Å². The van der Waals surface area contributed by atoms with Gasteiger partial charge in [0.1, 0.15) is 23.9 Å². The van der Waals surface area contributed by atoms with Crippen LogP contribution in [0, 0.1) is 20.8 Å². The molecule has 0 aliphatic rings. The highest BCUT2D eigenvalue weighted by Gasteiger charge is 2.22. The van der Waals surface area contributed by atoms with Gasteiger partial charge in [0, 0.05) is 0 Å². The molecule has 0 unspecified atom stereocenters. The standard InChI is InChI=1S/C21H20F2N2O4/c1-12-8-9-17(13(2)10-12)27-11-15-14(3)29-25-19(15)20(26)24-16-6-4-5-7-18(16)28-21(22)23/h4-10,21H,11H2,1-3H3,(H,24,26). The molecule has 8 heteroatoms. The van der Waals surface area contributed by atoms with E-state index < -0.39 is 12.5 Å². The first-order valence-electron chi connectivity index (χ1n) is 8.85. The van der Waals surface area contributed by atoms with Gasteiger partial charge < -0.3 is 19.3 Å². The number of nitrogens with one attached hydrogen (secondary N) is 1. The van der Waals surface area contributed by atoms with Gasteiger partial charge in [-0.15, -0.1) is 0 Å². The maximum absolute atomic E-state index is 12.7. The van der Waals surface area contributed by atoms with Crippen LogP contribution in [0.5, 0.6) is 11.5 Å². The van der Waals surface area contributed by atoms with Gasteiger partial charge in [-0.3, -0.25) is 4.79 Å². The molecule has 3 aromatic rings. The monoisotopic (exact) mass is 402 g/mol.